The molecule has 2 aliphatic rings. The van der Waals surface area contributed by atoms with Crippen LogP contribution >= 0.6 is 0 Å². The molecule has 1 aromatic carbocycles. The van der Waals surface area contributed by atoms with E-state index >= 15 is 0 Å². The van der Waals surface area contributed by atoms with Crippen LogP contribution in [0.25, 0.3) is 6.08 Å². The van der Waals surface area contributed by atoms with Crippen LogP contribution < -0.4 is 10.1 Å². The van der Waals surface area contributed by atoms with E-state index in [2.05, 4.69) is 10.1 Å². The van der Waals surface area contributed by atoms with Gasteiger partial charge >= 0.3 is 12.0 Å². The number of benzene rings is 1. The summed E-state index contributed by atoms with van der Waals surface area (Å²) in [6, 6.07) is 5.72. The summed E-state index contributed by atoms with van der Waals surface area (Å²) in [4.78, 5) is 49.5. The van der Waals surface area contributed by atoms with Crippen LogP contribution in [-0.4, -0.2) is 48.5 Å². The molecule has 0 bridgehead atoms. The number of hydrogen-bond donors (Lipinski definition) is 1. The summed E-state index contributed by atoms with van der Waals surface area (Å²) in [5.41, 5.74) is 0.523. The predicted octanol–water partition coefficient (Wildman–Crippen LogP) is 2.03. The molecule has 1 N–H and O–H groups in total. The number of hydrogen-bond acceptors (Lipinski definition) is 6. The molecule has 0 spiro atoms. The molecule has 2 fully saturated rings. The van der Waals surface area contributed by atoms with Crippen molar-refractivity contribution in [3.05, 3.63) is 35.4 Å². The van der Waals surface area contributed by atoms with Gasteiger partial charge in [-0.3, -0.25) is 19.8 Å². The van der Waals surface area contributed by atoms with Crippen molar-refractivity contribution in [3.8, 4) is 5.75 Å². The number of nitrogens with one attached hydrogen (secondary N) is 1. The van der Waals surface area contributed by atoms with Crippen LogP contribution in [0.1, 0.15) is 37.7 Å². The third-order valence-corrected chi connectivity index (χ3v) is 4.85. The van der Waals surface area contributed by atoms with E-state index in [0.29, 0.717) is 11.3 Å². The minimum absolute atomic E-state index is 0.0756. The van der Waals surface area contributed by atoms with Gasteiger partial charge in [0.05, 0.1) is 7.11 Å². The van der Waals surface area contributed by atoms with Crippen molar-refractivity contribution in [2.75, 3.05) is 13.7 Å². The number of barbiturate groups is 1. The van der Waals surface area contributed by atoms with Gasteiger partial charge in [0.2, 0.25) is 0 Å². The van der Waals surface area contributed by atoms with Crippen molar-refractivity contribution < 1.29 is 28.7 Å². The Morgan fingerprint density at radius 1 is 1.14 bits per heavy atom. The zero-order chi connectivity index (χ0) is 20.1. The second-order valence-corrected chi connectivity index (χ2v) is 6.72. The summed E-state index contributed by atoms with van der Waals surface area (Å²) < 4.78 is 9.76. The Morgan fingerprint density at radius 3 is 2.46 bits per heavy atom. The molecule has 3 rings (SSSR count). The van der Waals surface area contributed by atoms with Gasteiger partial charge < -0.3 is 9.47 Å². The fourth-order valence-electron chi connectivity index (χ4n) is 3.37. The summed E-state index contributed by atoms with van der Waals surface area (Å²) in [6.45, 7) is -0.212. The summed E-state index contributed by atoms with van der Waals surface area (Å²) in [5, 5.41) is 2.26. The fraction of sp³-hybridized carbons (Fsp3) is 0.400. The molecule has 1 saturated carbocycles. The molecular formula is C20H22N2O6. The second-order valence-electron chi connectivity index (χ2n) is 6.72. The largest absolute Gasteiger partial charge is 0.482 e. The quantitative estimate of drug-likeness (QED) is 0.472. The first-order valence-corrected chi connectivity index (χ1v) is 9.20. The van der Waals surface area contributed by atoms with Crippen LogP contribution in [0.3, 0.4) is 0 Å². The highest BCUT2D eigenvalue weighted by Crippen LogP contribution is 2.26. The molecular weight excluding hydrogens is 364 g/mol. The van der Waals surface area contributed by atoms with Gasteiger partial charge in [-0.2, -0.15) is 0 Å². The zero-order valence-electron chi connectivity index (χ0n) is 15.6. The molecule has 148 valence electrons. The Hall–Kier alpha value is -3.16. The average molecular weight is 386 g/mol. The van der Waals surface area contributed by atoms with E-state index in [1.165, 1.54) is 18.1 Å². The van der Waals surface area contributed by atoms with Crippen LogP contribution in [0.4, 0.5) is 4.79 Å². The van der Waals surface area contributed by atoms with Crippen LogP contribution in [0, 0.1) is 0 Å². The molecule has 0 radical (unpaired) electrons. The van der Waals surface area contributed by atoms with E-state index < -0.39 is 23.8 Å². The molecule has 1 heterocycles. The van der Waals surface area contributed by atoms with Gasteiger partial charge in [-0.05, 0) is 36.6 Å². The van der Waals surface area contributed by atoms with Crippen molar-refractivity contribution in [2.45, 2.75) is 38.1 Å². The lowest BCUT2D eigenvalue weighted by Gasteiger charge is -2.35. The van der Waals surface area contributed by atoms with Crippen molar-refractivity contribution in [3.63, 3.8) is 0 Å². The number of rotatable bonds is 5. The maximum absolute atomic E-state index is 12.8. The SMILES string of the molecule is COC(=O)COc1ccc(C=C2C(=O)NC(=O)N(C3CCCCC3)C2=O)cc1. The minimum atomic E-state index is -0.701. The molecule has 8 heteroatoms. The lowest BCUT2D eigenvalue weighted by atomic mass is 9.93. The maximum Gasteiger partial charge on any atom is 0.343 e. The molecule has 1 aliphatic carbocycles. The molecule has 8 nitrogen and oxygen atoms in total. The zero-order valence-corrected chi connectivity index (χ0v) is 15.6. The molecule has 0 unspecified atom stereocenters. The van der Waals surface area contributed by atoms with Crippen molar-refractivity contribution in [2.24, 2.45) is 0 Å². The lowest BCUT2D eigenvalue weighted by Crippen LogP contribution is -2.58. The van der Waals surface area contributed by atoms with Gasteiger partial charge in [0.25, 0.3) is 11.8 Å². The van der Waals surface area contributed by atoms with Gasteiger partial charge in [-0.25, -0.2) is 9.59 Å². The third-order valence-electron chi connectivity index (χ3n) is 4.85. The molecule has 0 aromatic heterocycles. The average Bonchev–Trinajstić information content (AvgIpc) is 2.71. The van der Waals surface area contributed by atoms with E-state index in [1.54, 1.807) is 24.3 Å². The number of carbonyl (C=O) groups excluding carboxylic acids is 4. The molecule has 0 atom stereocenters. The smallest absolute Gasteiger partial charge is 0.343 e. The molecule has 4 amide bonds. The highest BCUT2D eigenvalue weighted by Gasteiger charge is 2.40. The standard InChI is InChI=1S/C20H22N2O6/c1-27-17(23)12-28-15-9-7-13(8-10-15)11-16-18(24)21-20(26)22(19(16)25)14-5-3-2-4-6-14/h7-11,14H,2-6,12H2,1H3,(H,21,24,26). The Kier molecular flexibility index (Phi) is 6.08. The first-order chi connectivity index (χ1) is 13.5. The third kappa shape index (κ3) is 4.39. The predicted molar refractivity (Wildman–Crippen MR) is 99.2 cm³/mol. The number of esters is 1. The Morgan fingerprint density at radius 2 is 1.82 bits per heavy atom. The number of ether oxygens (including phenoxy) is 2. The Labute approximate surface area is 162 Å². The van der Waals surface area contributed by atoms with Crippen molar-refractivity contribution >= 4 is 29.9 Å². The van der Waals surface area contributed by atoms with Gasteiger partial charge in [0, 0.05) is 6.04 Å². The van der Waals surface area contributed by atoms with Crippen LogP contribution in [0.15, 0.2) is 29.8 Å². The molecule has 1 aliphatic heterocycles. The van der Waals surface area contributed by atoms with E-state index in [0.717, 1.165) is 32.1 Å². The van der Waals surface area contributed by atoms with Crippen LogP contribution in [0.2, 0.25) is 0 Å². The summed E-state index contributed by atoms with van der Waals surface area (Å²) >= 11 is 0. The number of nitrogens with zero attached hydrogens (tertiary/aromatic N) is 1. The van der Waals surface area contributed by atoms with Gasteiger partial charge in [-0.1, -0.05) is 31.4 Å². The van der Waals surface area contributed by atoms with Crippen LogP contribution in [-0.2, 0) is 19.1 Å². The maximum atomic E-state index is 12.8. The number of amides is 4. The van der Waals surface area contributed by atoms with E-state index in [4.69, 9.17) is 4.74 Å². The van der Waals surface area contributed by atoms with E-state index in [9.17, 15) is 19.2 Å². The fourth-order valence-corrected chi connectivity index (χ4v) is 3.37. The number of methoxy groups -OCH3 is 1. The number of urea groups is 1. The first-order valence-electron chi connectivity index (χ1n) is 9.20. The lowest BCUT2D eigenvalue weighted by molar-refractivity contribution is -0.143. The number of imide groups is 2. The summed E-state index contributed by atoms with van der Waals surface area (Å²) in [6.07, 6.45) is 5.97. The second kappa shape index (κ2) is 8.69. The van der Waals surface area contributed by atoms with Crippen molar-refractivity contribution in [1.82, 2.24) is 10.2 Å². The van der Waals surface area contributed by atoms with Crippen LogP contribution in [0.5, 0.6) is 5.75 Å². The van der Waals surface area contributed by atoms with Gasteiger partial charge in [-0.15, -0.1) is 0 Å². The normalized spacial score (nSPS) is 19.5. The van der Waals surface area contributed by atoms with Crippen molar-refractivity contribution in [1.29, 1.82) is 0 Å². The monoisotopic (exact) mass is 386 g/mol. The highest BCUT2D eigenvalue weighted by molar-refractivity contribution is 6.31. The molecule has 1 aromatic rings. The van der Waals surface area contributed by atoms with Gasteiger partial charge in [0.1, 0.15) is 11.3 Å². The molecule has 28 heavy (non-hydrogen) atoms. The Balaban J connectivity index is 1.75. The highest BCUT2D eigenvalue weighted by atomic mass is 16.6. The summed E-state index contributed by atoms with van der Waals surface area (Å²) in [7, 11) is 1.27. The van der Waals surface area contributed by atoms with E-state index in [-0.39, 0.29) is 18.2 Å². The topological polar surface area (TPSA) is 102 Å². The number of carbonyl (C=O) groups is 4. The van der Waals surface area contributed by atoms with Gasteiger partial charge in [0.15, 0.2) is 6.61 Å². The van der Waals surface area contributed by atoms with E-state index in [1.807, 2.05) is 0 Å². The first kappa shape index (κ1) is 19.6. The summed E-state index contributed by atoms with van der Waals surface area (Å²) in [5.74, 6) is -1.31. The Bertz CT molecular complexity index is 808. The molecule has 1 saturated heterocycles. The minimum Gasteiger partial charge on any atom is -0.482 e.